The summed E-state index contributed by atoms with van der Waals surface area (Å²) in [5.41, 5.74) is 1.27. The van der Waals surface area contributed by atoms with Crippen molar-refractivity contribution in [3.63, 3.8) is 0 Å². The Morgan fingerprint density at radius 2 is 2.00 bits per heavy atom. The Labute approximate surface area is 110 Å². The third-order valence-corrected chi connectivity index (χ3v) is 2.88. The maximum absolute atomic E-state index is 11.8. The Hall–Kier alpha value is -1.35. The predicted molar refractivity (Wildman–Crippen MR) is 73.4 cm³/mol. The molecule has 0 bridgehead atoms. The van der Waals surface area contributed by atoms with Gasteiger partial charge in [0.2, 0.25) is 0 Å². The minimum absolute atomic E-state index is 0.0508. The fourth-order valence-electron chi connectivity index (χ4n) is 1.87. The van der Waals surface area contributed by atoms with E-state index >= 15 is 0 Å². The average Bonchev–Trinajstić information content (AvgIpc) is 2.40. The molecule has 0 aliphatic heterocycles. The Morgan fingerprint density at radius 1 is 1.28 bits per heavy atom. The van der Waals surface area contributed by atoms with Gasteiger partial charge in [-0.3, -0.25) is 4.79 Å². The van der Waals surface area contributed by atoms with Crippen molar-refractivity contribution in [2.24, 2.45) is 5.92 Å². The number of benzene rings is 1. The summed E-state index contributed by atoms with van der Waals surface area (Å²) < 4.78 is 5.11. The molecule has 0 aliphatic carbocycles. The van der Waals surface area contributed by atoms with Gasteiger partial charge in [0.15, 0.2) is 0 Å². The molecule has 0 radical (unpaired) electrons. The number of hydrogen-bond donors (Lipinski definition) is 1. The summed E-state index contributed by atoms with van der Waals surface area (Å²) in [4.78, 5) is 11.8. The smallest absolute Gasteiger partial charge is 0.310 e. The van der Waals surface area contributed by atoms with Gasteiger partial charge in [-0.15, -0.1) is 0 Å². The van der Waals surface area contributed by atoms with Crippen LogP contribution < -0.4 is 5.32 Å². The predicted octanol–water partition coefficient (Wildman–Crippen LogP) is 2.41. The van der Waals surface area contributed by atoms with E-state index in [-0.39, 0.29) is 11.9 Å². The van der Waals surface area contributed by atoms with Crippen molar-refractivity contribution in [3.8, 4) is 0 Å². The van der Waals surface area contributed by atoms with E-state index in [1.807, 2.05) is 32.0 Å². The lowest BCUT2D eigenvalue weighted by Gasteiger charge is -2.15. The zero-order valence-corrected chi connectivity index (χ0v) is 11.3. The highest BCUT2D eigenvalue weighted by Crippen LogP contribution is 2.11. The number of esters is 1. The summed E-state index contributed by atoms with van der Waals surface area (Å²) in [6.07, 6.45) is 1.74. The second-order valence-electron chi connectivity index (χ2n) is 4.28. The highest BCUT2D eigenvalue weighted by molar-refractivity contribution is 5.72. The number of carbonyl (C=O) groups is 1. The lowest BCUT2D eigenvalue weighted by Crippen LogP contribution is -2.30. The number of aryl methyl sites for hydroxylation is 1. The van der Waals surface area contributed by atoms with Crippen LogP contribution in [0, 0.1) is 5.92 Å². The molecule has 100 valence electrons. The van der Waals surface area contributed by atoms with Gasteiger partial charge >= 0.3 is 5.97 Å². The van der Waals surface area contributed by atoms with Crippen LogP contribution in [0.15, 0.2) is 30.3 Å². The third-order valence-electron chi connectivity index (χ3n) is 2.88. The zero-order chi connectivity index (χ0) is 13.2. The summed E-state index contributed by atoms with van der Waals surface area (Å²) in [7, 11) is 0. The third kappa shape index (κ3) is 5.32. The minimum Gasteiger partial charge on any atom is -0.466 e. The van der Waals surface area contributed by atoms with E-state index in [1.54, 1.807) is 0 Å². The lowest BCUT2D eigenvalue weighted by molar-refractivity contribution is -0.148. The highest BCUT2D eigenvalue weighted by Gasteiger charge is 2.18. The number of ether oxygens (including phenoxy) is 1. The quantitative estimate of drug-likeness (QED) is 0.719. The standard InChI is InChI=1S/C15H23NO2/c1-3-16-12-14(15(17)18-4-2)11-10-13-8-6-5-7-9-13/h5-9,14,16H,3-4,10-12H2,1-2H3. The van der Waals surface area contributed by atoms with Gasteiger partial charge < -0.3 is 10.1 Å². The molecule has 0 saturated carbocycles. The first-order valence-electron chi connectivity index (χ1n) is 6.69. The van der Waals surface area contributed by atoms with Crippen molar-refractivity contribution in [2.75, 3.05) is 19.7 Å². The van der Waals surface area contributed by atoms with Crippen LogP contribution in [-0.2, 0) is 16.0 Å². The molecule has 1 N–H and O–H groups in total. The molecule has 1 aromatic rings. The van der Waals surface area contributed by atoms with Crippen molar-refractivity contribution in [1.29, 1.82) is 0 Å². The molecule has 0 fully saturated rings. The number of carbonyl (C=O) groups excluding carboxylic acids is 1. The molecule has 1 rings (SSSR count). The number of nitrogens with one attached hydrogen (secondary N) is 1. The topological polar surface area (TPSA) is 38.3 Å². The minimum atomic E-state index is -0.0885. The van der Waals surface area contributed by atoms with Crippen LogP contribution in [0.4, 0.5) is 0 Å². The molecular formula is C15H23NO2. The van der Waals surface area contributed by atoms with E-state index in [9.17, 15) is 4.79 Å². The lowest BCUT2D eigenvalue weighted by atomic mass is 9.99. The first-order chi connectivity index (χ1) is 8.77. The second-order valence-corrected chi connectivity index (χ2v) is 4.28. The summed E-state index contributed by atoms with van der Waals surface area (Å²) >= 11 is 0. The number of hydrogen-bond acceptors (Lipinski definition) is 3. The molecule has 1 atom stereocenters. The summed E-state index contributed by atoms with van der Waals surface area (Å²) in [6, 6.07) is 10.2. The molecule has 3 nitrogen and oxygen atoms in total. The van der Waals surface area contributed by atoms with Gasteiger partial charge in [0, 0.05) is 6.54 Å². The highest BCUT2D eigenvalue weighted by atomic mass is 16.5. The molecule has 0 aliphatic rings. The van der Waals surface area contributed by atoms with Crippen molar-refractivity contribution in [2.45, 2.75) is 26.7 Å². The molecule has 0 spiro atoms. The van der Waals surface area contributed by atoms with E-state index in [1.165, 1.54) is 5.56 Å². The monoisotopic (exact) mass is 249 g/mol. The van der Waals surface area contributed by atoms with Gasteiger partial charge in [0.1, 0.15) is 0 Å². The maximum Gasteiger partial charge on any atom is 0.310 e. The Morgan fingerprint density at radius 3 is 2.61 bits per heavy atom. The van der Waals surface area contributed by atoms with Crippen LogP contribution in [-0.4, -0.2) is 25.7 Å². The van der Waals surface area contributed by atoms with Gasteiger partial charge in [0.05, 0.1) is 12.5 Å². The normalized spacial score (nSPS) is 12.1. The van der Waals surface area contributed by atoms with Crippen molar-refractivity contribution < 1.29 is 9.53 Å². The van der Waals surface area contributed by atoms with E-state index in [0.29, 0.717) is 13.2 Å². The number of rotatable bonds is 8. The van der Waals surface area contributed by atoms with E-state index in [4.69, 9.17) is 4.74 Å². The van der Waals surface area contributed by atoms with Gasteiger partial charge in [-0.1, -0.05) is 37.3 Å². The second kappa shape index (κ2) is 8.70. The average molecular weight is 249 g/mol. The van der Waals surface area contributed by atoms with Crippen LogP contribution >= 0.6 is 0 Å². The van der Waals surface area contributed by atoms with E-state index < -0.39 is 0 Å². The van der Waals surface area contributed by atoms with Crippen molar-refractivity contribution in [1.82, 2.24) is 5.32 Å². The summed E-state index contributed by atoms with van der Waals surface area (Å²) in [6.45, 7) is 5.91. The molecule has 0 amide bonds. The molecule has 1 unspecified atom stereocenters. The maximum atomic E-state index is 11.8. The fraction of sp³-hybridized carbons (Fsp3) is 0.533. The SMILES string of the molecule is CCNCC(CCc1ccccc1)C(=O)OCC. The molecular weight excluding hydrogens is 226 g/mol. The Kier molecular flexibility index (Phi) is 7.11. The van der Waals surface area contributed by atoms with Crippen LogP contribution in [0.1, 0.15) is 25.8 Å². The molecule has 3 heteroatoms. The van der Waals surface area contributed by atoms with Crippen molar-refractivity contribution >= 4 is 5.97 Å². The van der Waals surface area contributed by atoms with E-state index in [0.717, 1.165) is 19.4 Å². The van der Waals surface area contributed by atoms with Crippen LogP contribution in [0.3, 0.4) is 0 Å². The van der Waals surface area contributed by atoms with Crippen molar-refractivity contribution in [3.05, 3.63) is 35.9 Å². The summed E-state index contributed by atoms with van der Waals surface area (Å²) in [5, 5.41) is 3.22. The Bertz CT molecular complexity index is 338. The molecule has 0 heterocycles. The van der Waals surface area contributed by atoms with Gasteiger partial charge in [-0.05, 0) is 31.9 Å². The summed E-state index contributed by atoms with van der Waals surface area (Å²) in [5.74, 6) is -0.139. The first-order valence-corrected chi connectivity index (χ1v) is 6.69. The van der Waals surface area contributed by atoms with E-state index in [2.05, 4.69) is 17.4 Å². The van der Waals surface area contributed by atoms with Gasteiger partial charge in [-0.25, -0.2) is 0 Å². The molecule has 0 aromatic heterocycles. The molecule has 1 aromatic carbocycles. The van der Waals surface area contributed by atoms with Crippen LogP contribution in [0.2, 0.25) is 0 Å². The largest absolute Gasteiger partial charge is 0.466 e. The fourth-order valence-corrected chi connectivity index (χ4v) is 1.87. The molecule has 18 heavy (non-hydrogen) atoms. The van der Waals surface area contributed by atoms with Crippen LogP contribution in [0.25, 0.3) is 0 Å². The first kappa shape index (κ1) is 14.7. The molecule has 0 saturated heterocycles. The van der Waals surface area contributed by atoms with Crippen LogP contribution in [0.5, 0.6) is 0 Å². The zero-order valence-electron chi connectivity index (χ0n) is 11.3. The van der Waals surface area contributed by atoms with Gasteiger partial charge in [-0.2, -0.15) is 0 Å². The Balaban J connectivity index is 2.47. The van der Waals surface area contributed by atoms with Gasteiger partial charge in [0.25, 0.3) is 0 Å².